The van der Waals surface area contributed by atoms with Gasteiger partial charge in [0.2, 0.25) is 0 Å². The second-order valence-electron chi connectivity index (χ2n) is 5.47. The van der Waals surface area contributed by atoms with Gasteiger partial charge in [0.25, 0.3) is 0 Å². The summed E-state index contributed by atoms with van der Waals surface area (Å²) >= 11 is 0. The number of nitrogens with one attached hydrogen (secondary N) is 1. The van der Waals surface area contributed by atoms with Crippen molar-refractivity contribution in [3.63, 3.8) is 0 Å². The van der Waals surface area contributed by atoms with Gasteiger partial charge in [0, 0.05) is 37.9 Å². The Kier molecular flexibility index (Phi) is 4.17. The highest BCUT2D eigenvalue weighted by atomic mass is 19.1. The SMILES string of the molecule is CC(C)NCc1ccnc(N(C)CC2CC2)c1F. The smallest absolute Gasteiger partial charge is 0.170 e. The third kappa shape index (κ3) is 3.42. The van der Waals surface area contributed by atoms with Gasteiger partial charge < -0.3 is 10.2 Å². The third-order valence-electron chi connectivity index (χ3n) is 3.24. The normalized spacial score (nSPS) is 15.2. The minimum absolute atomic E-state index is 0.186. The first-order valence-corrected chi connectivity index (χ1v) is 6.66. The topological polar surface area (TPSA) is 28.2 Å². The van der Waals surface area contributed by atoms with Gasteiger partial charge in [0.1, 0.15) is 0 Å². The van der Waals surface area contributed by atoms with Crippen LogP contribution >= 0.6 is 0 Å². The van der Waals surface area contributed by atoms with Crippen molar-refractivity contribution in [2.45, 2.75) is 39.3 Å². The molecule has 2 rings (SSSR count). The Morgan fingerprint density at radius 3 is 2.83 bits per heavy atom. The maximum absolute atomic E-state index is 14.3. The van der Waals surface area contributed by atoms with Gasteiger partial charge in [-0.3, -0.25) is 0 Å². The zero-order valence-corrected chi connectivity index (χ0v) is 11.4. The molecule has 0 bridgehead atoms. The third-order valence-corrected chi connectivity index (χ3v) is 3.24. The molecule has 0 radical (unpaired) electrons. The van der Waals surface area contributed by atoms with Crippen LogP contribution in [0.2, 0.25) is 0 Å². The van der Waals surface area contributed by atoms with Crippen molar-refractivity contribution in [1.29, 1.82) is 0 Å². The molecule has 1 heterocycles. The van der Waals surface area contributed by atoms with E-state index in [1.165, 1.54) is 12.8 Å². The summed E-state index contributed by atoms with van der Waals surface area (Å²) in [6.45, 7) is 5.57. The highest BCUT2D eigenvalue weighted by Crippen LogP contribution is 2.31. The van der Waals surface area contributed by atoms with Gasteiger partial charge in [0.15, 0.2) is 11.6 Å². The molecule has 1 saturated carbocycles. The lowest BCUT2D eigenvalue weighted by atomic mass is 10.2. The quantitative estimate of drug-likeness (QED) is 0.842. The Morgan fingerprint density at radius 1 is 1.50 bits per heavy atom. The zero-order valence-electron chi connectivity index (χ0n) is 11.4. The molecular weight excluding hydrogens is 229 g/mol. The lowest BCUT2D eigenvalue weighted by Gasteiger charge is -2.20. The van der Waals surface area contributed by atoms with Crippen LogP contribution in [0.15, 0.2) is 12.3 Å². The fourth-order valence-corrected chi connectivity index (χ4v) is 1.96. The van der Waals surface area contributed by atoms with E-state index in [1.54, 1.807) is 12.3 Å². The molecule has 0 unspecified atom stereocenters. The number of anilines is 1. The summed E-state index contributed by atoms with van der Waals surface area (Å²) in [7, 11) is 1.92. The van der Waals surface area contributed by atoms with Gasteiger partial charge in [0.05, 0.1) is 0 Å². The van der Waals surface area contributed by atoms with Crippen molar-refractivity contribution in [1.82, 2.24) is 10.3 Å². The van der Waals surface area contributed by atoms with Crippen molar-refractivity contribution in [3.05, 3.63) is 23.6 Å². The van der Waals surface area contributed by atoms with Crippen LogP contribution < -0.4 is 10.2 Å². The van der Waals surface area contributed by atoms with Crippen LogP contribution in [0.25, 0.3) is 0 Å². The summed E-state index contributed by atoms with van der Waals surface area (Å²) in [5, 5.41) is 3.24. The lowest BCUT2D eigenvalue weighted by Crippen LogP contribution is -2.25. The van der Waals surface area contributed by atoms with Crippen molar-refractivity contribution in [2.24, 2.45) is 5.92 Å². The Balaban J connectivity index is 2.07. The fourth-order valence-electron chi connectivity index (χ4n) is 1.96. The molecule has 1 fully saturated rings. The summed E-state index contributed by atoms with van der Waals surface area (Å²) in [5.74, 6) is 1.02. The first-order chi connectivity index (χ1) is 8.58. The summed E-state index contributed by atoms with van der Waals surface area (Å²) in [4.78, 5) is 6.11. The van der Waals surface area contributed by atoms with Gasteiger partial charge in [-0.1, -0.05) is 13.8 Å². The zero-order chi connectivity index (χ0) is 13.1. The molecule has 1 aliphatic carbocycles. The molecular formula is C14H22FN3. The van der Waals surface area contributed by atoms with Crippen molar-refractivity contribution < 1.29 is 4.39 Å². The first kappa shape index (κ1) is 13.3. The largest absolute Gasteiger partial charge is 0.357 e. The van der Waals surface area contributed by atoms with Crippen LogP contribution in [-0.4, -0.2) is 24.6 Å². The van der Waals surface area contributed by atoms with E-state index < -0.39 is 0 Å². The summed E-state index contributed by atoms with van der Waals surface area (Å²) < 4.78 is 14.3. The maximum Gasteiger partial charge on any atom is 0.170 e. The predicted octanol–water partition coefficient (Wildman–Crippen LogP) is 2.56. The summed E-state index contributed by atoms with van der Waals surface area (Å²) in [6.07, 6.45) is 4.22. The van der Waals surface area contributed by atoms with Gasteiger partial charge in [-0.05, 0) is 24.8 Å². The van der Waals surface area contributed by atoms with Crippen LogP contribution in [0.1, 0.15) is 32.3 Å². The molecule has 0 aromatic carbocycles. The Hall–Kier alpha value is -1.16. The fraction of sp³-hybridized carbons (Fsp3) is 0.643. The number of hydrogen-bond acceptors (Lipinski definition) is 3. The molecule has 18 heavy (non-hydrogen) atoms. The Labute approximate surface area is 108 Å². The predicted molar refractivity (Wildman–Crippen MR) is 72.2 cm³/mol. The van der Waals surface area contributed by atoms with Crippen molar-refractivity contribution >= 4 is 5.82 Å². The second-order valence-corrected chi connectivity index (χ2v) is 5.47. The molecule has 0 saturated heterocycles. The van der Waals surface area contributed by atoms with Crippen LogP contribution in [0.3, 0.4) is 0 Å². The number of hydrogen-bond donors (Lipinski definition) is 1. The molecule has 1 aromatic heterocycles. The van der Waals surface area contributed by atoms with Crippen LogP contribution in [0, 0.1) is 11.7 Å². The molecule has 1 aliphatic rings. The second kappa shape index (κ2) is 5.65. The monoisotopic (exact) mass is 251 g/mol. The van der Waals surface area contributed by atoms with E-state index >= 15 is 0 Å². The van der Waals surface area contributed by atoms with Crippen LogP contribution in [-0.2, 0) is 6.54 Å². The number of halogens is 1. The van der Waals surface area contributed by atoms with Crippen molar-refractivity contribution in [2.75, 3.05) is 18.5 Å². The molecule has 1 aromatic rings. The van der Waals surface area contributed by atoms with E-state index in [4.69, 9.17) is 0 Å². The van der Waals surface area contributed by atoms with Gasteiger partial charge in [-0.25, -0.2) is 9.37 Å². The van der Waals surface area contributed by atoms with E-state index in [0.717, 1.165) is 12.5 Å². The minimum atomic E-state index is -0.186. The molecule has 0 spiro atoms. The molecule has 4 heteroatoms. The molecule has 0 aliphatic heterocycles. The number of nitrogens with zero attached hydrogens (tertiary/aromatic N) is 2. The van der Waals surface area contributed by atoms with E-state index in [-0.39, 0.29) is 5.82 Å². The number of pyridine rings is 1. The maximum atomic E-state index is 14.3. The first-order valence-electron chi connectivity index (χ1n) is 6.66. The molecule has 3 nitrogen and oxygen atoms in total. The van der Waals surface area contributed by atoms with Crippen LogP contribution in [0.4, 0.5) is 10.2 Å². The minimum Gasteiger partial charge on any atom is -0.357 e. The number of aromatic nitrogens is 1. The molecule has 0 amide bonds. The molecule has 100 valence electrons. The van der Waals surface area contributed by atoms with Gasteiger partial charge in [-0.15, -0.1) is 0 Å². The number of rotatable bonds is 6. The lowest BCUT2D eigenvalue weighted by molar-refractivity contribution is 0.548. The van der Waals surface area contributed by atoms with Crippen molar-refractivity contribution in [3.8, 4) is 0 Å². The molecule has 0 atom stereocenters. The van der Waals surface area contributed by atoms with Gasteiger partial charge in [-0.2, -0.15) is 0 Å². The van der Waals surface area contributed by atoms with Gasteiger partial charge >= 0.3 is 0 Å². The van der Waals surface area contributed by atoms with E-state index in [1.807, 2.05) is 11.9 Å². The van der Waals surface area contributed by atoms with E-state index in [0.29, 0.717) is 24.0 Å². The van der Waals surface area contributed by atoms with E-state index in [2.05, 4.69) is 24.1 Å². The highest BCUT2D eigenvalue weighted by molar-refractivity contribution is 5.42. The highest BCUT2D eigenvalue weighted by Gasteiger charge is 2.24. The van der Waals surface area contributed by atoms with Crippen LogP contribution in [0.5, 0.6) is 0 Å². The molecule has 1 N–H and O–H groups in total. The standard InChI is InChI=1S/C14H22FN3/c1-10(2)17-8-12-6-7-16-14(13(12)15)18(3)9-11-4-5-11/h6-7,10-11,17H,4-5,8-9H2,1-3H3. The Bertz CT molecular complexity index is 402. The average Bonchev–Trinajstić information content (AvgIpc) is 3.11. The summed E-state index contributed by atoms with van der Waals surface area (Å²) in [6, 6.07) is 2.10. The average molecular weight is 251 g/mol. The summed E-state index contributed by atoms with van der Waals surface area (Å²) in [5.41, 5.74) is 0.691. The van der Waals surface area contributed by atoms with E-state index in [9.17, 15) is 4.39 Å². The Morgan fingerprint density at radius 2 is 2.22 bits per heavy atom.